The van der Waals surface area contributed by atoms with Gasteiger partial charge in [0.15, 0.2) is 5.78 Å². The van der Waals surface area contributed by atoms with Crippen molar-refractivity contribution in [1.82, 2.24) is 5.32 Å². The van der Waals surface area contributed by atoms with E-state index in [4.69, 9.17) is 11.6 Å². The molecule has 2 nitrogen and oxygen atoms in total. The van der Waals surface area contributed by atoms with Crippen molar-refractivity contribution < 1.29 is 4.79 Å². The third-order valence-electron chi connectivity index (χ3n) is 2.28. The van der Waals surface area contributed by atoms with Crippen molar-refractivity contribution in [2.75, 3.05) is 6.54 Å². The number of halogens is 1. The number of rotatable bonds is 4. The molecule has 0 bridgehead atoms. The fourth-order valence-electron chi connectivity index (χ4n) is 1.29. The standard InChI is InChI=1S/C11H12ClNO/c12-9-3-1-2-8(6-9)11(14)7-13-10-4-5-10/h1-3,6,10,13H,4-5,7H2. The number of carbonyl (C=O) groups excluding carboxylic acids is 1. The SMILES string of the molecule is O=C(CNC1CC1)c1cccc(Cl)c1. The molecule has 1 aromatic rings. The zero-order valence-corrected chi connectivity index (χ0v) is 8.55. The topological polar surface area (TPSA) is 29.1 Å². The van der Waals surface area contributed by atoms with Gasteiger partial charge in [-0.1, -0.05) is 23.7 Å². The maximum absolute atomic E-state index is 11.6. The molecular formula is C11H12ClNO. The van der Waals surface area contributed by atoms with Crippen molar-refractivity contribution in [3.63, 3.8) is 0 Å². The molecule has 0 saturated heterocycles. The van der Waals surface area contributed by atoms with E-state index in [0.29, 0.717) is 23.2 Å². The van der Waals surface area contributed by atoms with E-state index in [1.165, 1.54) is 12.8 Å². The number of hydrogen-bond acceptors (Lipinski definition) is 2. The van der Waals surface area contributed by atoms with E-state index < -0.39 is 0 Å². The normalized spacial score (nSPS) is 15.5. The van der Waals surface area contributed by atoms with E-state index >= 15 is 0 Å². The van der Waals surface area contributed by atoms with Crippen LogP contribution in [0.25, 0.3) is 0 Å². The zero-order valence-electron chi connectivity index (χ0n) is 7.79. The predicted molar refractivity (Wildman–Crippen MR) is 56.8 cm³/mol. The lowest BCUT2D eigenvalue weighted by atomic mass is 10.1. The molecular weight excluding hydrogens is 198 g/mol. The minimum absolute atomic E-state index is 0.111. The summed E-state index contributed by atoms with van der Waals surface area (Å²) in [5.41, 5.74) is 0.686. The lowest BCUT2D eigenvalue weighted by molar-refractivity contribution is 0.0990. The smallest absolute Gasteiger partial charge is 0.176 e. The van der Waals surface area contributed by atoms with Crippen molar-refractivity contribution >= 4 is 17.4 Å². The van der Waals surface area contributed by atoms with Gasteiger partial charge in [0, 0.05) is 16.6 Å². The van der Waals surface area contributed by atoms with Crippen LogP contribution in [0.4, 0.5) is 0 Å². The van der Waals surface area contributed by atoms with Gasteiger partial charge >= 0.3 is 0 Å². The van der Waals surface area contributed by atoms with E-state index in [9.17, 15) is 4.79 Å². The minimum atomic E-state index is 0.111. The third-order valence-corrected chi connectivity index (χ3v) is 2.51. The van der Waals surface area contributed by atoms with Crippen molar-refractivity contribution in [2.45, 2.75) is 18.9 Å². The van der Waals surface area contributed by atoms with Crippen LogP contribution in [0.5, 0.6) is 0 Å². The summed E-state index contributed by atoms with van der Waals surface area (Å²) in [6.07, 6.45) is 2.39. The lowest BCUT2D eigenvalue weighted by Gasteiger charge is -2.02. The molecule has 2 rings (SSSR count). The summed E-state index contributed by atoms with van der Waals surface area (Å²) in [5, 5.41) is 3.79. The van der Waals surface area contributed by atoms with Crippen molar-refractivity contribution in [2.24, 2.45) is 0 Å². The van der Waals surface area contributed by atoms with Crippen molar-refractivity contribution in [3.8, 4) is 0 Å². The number of benzene rings is 1. The number of ketones is 1. The van der Waals surface area contributed by atoms with Gasteiger partial charge < -0.3 is 5.32 Å². The Labute approximate surface area is 88.3 Å². The zero-order chi connectivity index (χ0) is 9.97. The molecule has 1 aliphatic carbocycles. The maximum Gasteiger partial charge on any atom is 0.176 e. The van der Waals surface area contributed by atoms with E-state index in [0.717, 1.165) is 0 Å². The number of carbonyl (C=O) groups is 1. The minimum Gasteiger partial charge on any atom is -0.307 e. The number of hydrogen-bond donors (Lipinski definition) is 1. The second-order valence-corrected chi connectivity index (χ2v) is 4.03. The summed E-state index contributed by atoms with van der Waals surface area (Å²) in [5.74, 6) is 0.111. The molecule has 1 aromatic carbocycles. The quantitative estimate of drug-likeness (QED) is 0.771. The van der Waals surface area contributed by atoms with Gasteiger partial charge in [-0.25, -0.2) is 0 Å². The Morgan fingerprint density at radius 1 is 1.50 bits per heavy atom. The largest absolute Gasteiger partial charge is 0.307 e. The Morgan fingerprint density at radius 3 is 2.93 bits per heavy atom. The predicted octanol–water partition coefficient (Wildman–Crippen LogP) is 2.27. The summed E-state index contributed by atoms with van der Waals surface area (Å²) in [7, 11) is 0. The van der Waals surface area contributed by atoms with Gasteiger partial charge in [-0.3, -0.25) is 4.79 Å². The van der Waals surface area contributed by atoms with Gasteiger partial charge in [0.05, 0.1) is 6.54 Å². The van der Waals surface area contributed by atoms with Crippen LogP contribution in [0.15, 0.2) is 24.3 Å². The van der Waals surface area contributed by atoms with Gasteiger partial charge in [-0.15, -0.1) is 0 Å². The molecule has 1 N–H and O–H groups in total. The molecule has 1 aliphatic rings. The van der Waals surface area contributed by atoms with Crippen LogP contribution in [0.3, 0.4) is 0 Å². The van der Waals surface area contributed by atoms with Gasteiger partial charge in [0.1, 0.15) is 0 Å². The third kappa shape index (κ3) is 2.56. The van der Waals surface area contributed by atoms with Gasteiger partial charge in [-0.2, -0.15) is 0 Å². The Hall–Kier alpha value is -0.860. The van der Waals surface area contributed by atoms with E-state index in [-0.39, 0.29) is 5.78 Å². The van der Waals surface area contributed by atoms with E-state index in [1.807, 2.05) is 0 Å². The molecule has 1 fully saturated rings. The first kappa shape index (κ1) is 9.69. The van der Waals surface area contributed by atoms with E-state index in [1.54, 1.807) is 24.3 Å². The van der Waals surface area contributed by atoms with Crippen LogP contribution in [-0.2, 0) is 0 Å². The first-order valence-electron chi connectivity index (χ1n) is 4.78. The van der Waals surface area contributed by atoms with Crippen LogP contribution in [-0.4, -0.2) is 18.4 Å². The molecule has 1 saturated carbocycles. The van der Waals surface area contributed by atoms with Crippen LogP contribution >= 0.6 is 11.6 Å². The van der Waals surface area contributed by atoms with Gasteiger partial charge in [-0.05, 0) is 25.0 Å². The molecule has 3 heteroatoms. The Balaban J connectivity index is 1.95. The highest BCUT2D eigenvalue weighted by atomic mass is 35.5. The molecule has 0 atom stereocenters. The Bertz CT molecular complexity index is 347. The van der Waals surface area contributed by atoms with Gasteiger partial charge in [0.2, 0.25) is 0 Å². The monoisotopic (exact) mass is 209 g/mol. The Kier molecular flexibility index (Phi) is 2.85. The summed E-state index contributed by atoms with van der Waals surface area (Å²) >= 11 is 5.79. The molecule has 0 amide bonds. The summed E-state index contributed by atoms with van der Waals surface area (Å²) in [6, 6.07) is 7.64. The highest BCUT2D eigenvalue weighted by molar-refractivity contribution is 6.31. The number of Topliss-reactive ketones (excluding diaryl/α,β-unsaturated/α-hetero) is 1. The average molecular weight is 210 g/mol. The van der Waals surface area contributed by atoms with Crippen LogP contribution in [0, 0.1) is 0 Å². The highest BCUT2D eigenvalue weighted by Crippen LogP contribution is 2.18. The molecule has 0 aromatic heterocycles. The van der Waals surface area contributed by atoms with Crippen LogP contribution < -0.4 is 5.32 Å². The second-order valence-electron chi connectivity index (χ2n) is 3.59. The van der Waals surface area contributed by atoms with Crippen LogP contribution in [0.1, 0.15) is 23.2 Å². The molecule has 74 valence electrons. The van der Waals surface area contributed by atoms with Gasteiger partial charge in [0.25, 0.3) is 0 Å². The molecule has 0 radical (unpaired) electrons. The molecule has 0 aliphatic heterocycles. The first-order chi connectivity index (χ1) is 6.75. The first-order valence-corrected chi connectivity index (χ1v) is 5.15. The number of nitrogens with one attached hydrogen (secondary N) is 1. The fraction of sp³-hybridized carbons (Fsp3) is 0.364. The molecule has 0 heterocycles. The molecule has 0 unspecified atom stereocenters. The molecule has 0 spiro atoms. The summed E-state index contributed by atoms with van der Waals surface area (Å²) < 4.78 is 0. The van der Waals surface area contributed by atoms with Crippen LogP contribution in [0.2, 0.25) is 5.02 Å². The second kappa shape index (κ2) is 4.11. The summed E-state index contributed by atoms with van der Waals surface area (Å²) in [4.78, 5) is 11.6. The maximum atomic E-state index is 11.6. The Morgan fingerprint density at radius 2 is 2.29 bits per heavy atom. The highest BCUT2D eigenvalue weighted by Gasteiger charge is 2.21. The summed E-state index contributed by atoms with van der Waals surface area (Å²) in [6.45, 7) is 0.422. The van der Waals surface area contributed by atoms with E-state index in [2.05, 4.69) is 5.32 Å². The molecule has 14 heavy (non-hydrogen) atoms. The van der Waals surface area contributed by atoms with Crippen molar-refractivity contribution in [3.05, 3.63) is 34.9 Å². The van der Waals surface area contributed by atoms with Crippen molar-refractivity contribution in [1.29, 1.82) is 0 Å². The lowest BCUT2D eigenvalue weighted by Crippen LogP contribution is -2.24. The fourth-order valence-corrected chi connectivity index (χ4v) is 1.48. The average Bonchev–Trinajstić information content (AvgIpc) is 2.97.